The normalized spacial score (nSPS) is 12.9. The predicted molar refractivity (Wildman–Crippen MR) is 155 cm³/mol. The fourth-order valence-corrected chi connectivity index (χ4v) is 4.78. The monoisotopic (exact) mass is 523 g/mol. The van der Waals surface area contributed by atoms with Crippen LogP contribution in [0.25, 0.3) is 21.8 Å². The Balaban J connectivity index is 1.07. The SMILES string of the molecule is CC(CNCC(O)COc1cccc2[nH]c3ccccc3c12)Cc1ccc(Oc2ccccc2C(N)=O)cc1. The molecule has 0 radical (unpaired) electrons. The van der Waals surface area contributed by atoms with Gasteiger partial charge in [0, 0.05) is 22.8 Å². The summed E-state index contributed by atoms with van der Waals surface area (Å²) in [5.41, 5.74) is 9.05. The van der Waals surface area contributed by atoms with Gasteiger partial charge in [-0.25, -0.2) is 0 Å². The van der Waals surface area contributed by atoms with Gasteiger partial charge >= 0.3 is 0 Å². The van der Waals surface area contributed by atoms with E-state index in [2.05, 4.69) is 23.3 Å². The summed E-state index contributed by atoms with van der Waals surface area (Å²) in [5.74, 6) is 1.69. The molecule has 1 aromatic heterocycles. The quantitative estimate of drug-likeness (QED) is 0.175. The van der Waals surface area contributed by atoms with Crippen LogP contribution in [-0.2, 0) is 6.42 Å². The Kier molecular flexibility index (Phi) is 8.10. The summed E-state index contributed by atoms with van der Waals surface area (Å²) in [6.07, 6.45) is 0.248. The zero-order chi connectivity index (χ0) is 27.2. The van der Waals surface area contributed by atoms with Crippen LogP contribution in [0.1, 0.15) is 22.8 Å². The number of carbonyl (C=O) groups is 1. The molecule has 0 saturated carbocycles. The third-order valence-electron chi connectivity index (χ3n) is 6.68. The van der Waals surface area contributed by atoms with Crippen LogP contribution >= 0.6 is 0 Å². The fraction of sp³-hybridized carbons (Fsp3) is 0.219. The van der Waals surface area contributed by atoms with Crippen LogP contribution in [0.4, 0.5) is 0 Å². The highest BCUT2D eigenvalue weighted by atomic mass is 16.5. The third-order valence-corrected chi connectivity index (χ3v) is 6.68. The van der Waals surface area contributed by atoms with Crippen molar-refractivity contribution in [2.75, 3.05) is 19.7 Å². The van der Waals surface area contributed by atoms with E-state index in [1.807, 2.05) is 60.7 Å². The smallest absolute Gasteiger partial charge is 0.252 e. The van der Waals surface area contributed by atoms with Gasteiger partial charge < -0.3 is 30.6 Å². The first-order chi connectivity index (χ1) is 19.0. The lowest BCUT2D eigenvalue weighted by Gasteiger charge is -2.17. The van der Waals surface area contributed by atoms with Gasteiger partial charge in [-0.2, -0.15) is 0 Å². The molecule has 0 fully saturated rings. The number of H-pyrrole nitrogens is 1. The van der Waals surface area contributed by atoms with Gasteiger partial charge in [-0.05, 0) is 66.9 Å². The molecule has 7 heteroatoms. The molecule has 2 atom stereocenters. The van der Waals surface area contributed by atoms with E-state index in [0.29, 0.717) is 29.5 Å². The Hall–Kier alpha value is -4.33. The summed E-state index contributed by atoms with van der Waals surface area (Å²) in [4.78, 5) is 15.0. The van der Waals surface area contributed by atoms with E-state index in [1.165, 1.54) is 5.56 Å². The number of rotatable bonds is 12. The van der Waals surface area contributed by atoms with Crippen molar-refractivity contribution in [3.05, 3.63) is 102 Å². The summed E-state index contributed by atoms with van der Waals surface area (Å²) in [6.45, 7) is 3.58. The van der Waals surface area contributed by atoms with Crippen LogP contribution in [0, 0.1) is 5.92 Å². The number of hydrogen-bond donors (Lipinski definition) is 4. The van der Waals surface area contributed by atoms with Crippen molar-refractivity contribution in [2.24, 2.45) is 11.7 Å². The van der Waals surface area contributed by atoms with Crippen LogP contribution in [0.3, 0.4) is 0 Å². The Bertz CT molecular complexity index is 1560. The lowest BCUT2D eigenvalue weighted by atomic mass is 10.0. The van der Waals surface area contributed by atoms with Crippen molar-refractivity contribution in [3.63, 3.8) is 0 Å². The van der Waals surface area contributed by atoms with Gasteiger partial charge in [0.1, 0.15) is 30.0 Å². The zero-order valence-electron chi connectivity index (χ0n) is 21.9. The maximum Gasteiger partial charge on any atom is 0.252 e. The molecule has 5 aromatic rings. The molecule has 1 heterocycles. The number of aliphatic hydroxyl groups is 1. The van der Waals surface area contributed by atoms with Crippen LogP contribution in [-0.4, -0.2) is 41.8 Å². The number of ether oxygens (including phenoxy) is 2. The number of aliphatic hydroxyl groups excluding tert-OH is 1. The molecule has 7 nitrogen and oxygen atoms in total. The first kappa shape index (κ1) is 26.3. The van der Waals surface area contributed by atoms with Gasteiger partial charge in [-0.3, -0.25) is 4.79 Å². The van der Waals surface area contributed by atoms with E-state index in [-0.39, 0.29) is 6.61 Å². The molecule has 4 aromatic carbocycles. The van der Waals surface area contributed by atoms with E-state index in [0.717, 1.165) is 40.5 Å². The Morgan fingerprint density at radius 2 is 1.62 bits per heavy atom. The first-order valence-electron chi connectivity index (χ1n) is 13.1. The minimum absolute atomic E-state index is 0.209. The molecule has 0 bridgehead atoms. The number of aromatic nitrogens is 1. The zero-order valence-corrected chi connectivity index (χ0v) is 21.9. The molecule has 0 spiro atoms. The van der Waals surface area contributed by atoms with Gasteiger partial charge in [0.2, 0.25) is 0 Å². The largest absolute Gasteiger partial charge is 0.490 e. The average molecular weight is 524 g/mol. The van der Waals surface area contributed by atoms with Crippen molar-refractivity contribution in [3.8, 4) is 17.2 Å². The van der Waals surface area contributed by atoms with Gasteiger partial charge in [0.25, 0.3) is 5.91 Å². The van der Waals surface area contributed by atoms with E-state index < -0.39 is 12.0 Å². The number of hydrogen-bond acceptors (Lipinski definition) is 5. The second kappa shape index (κ2) is 12.0. The van der Waals surface area contributed by atoms with Crippen molar-refractivity contribution < 1.29 is 19.4 Å². The highest BCUT2D eigenvalue weighted by molar-refractivity contribution is 6.10. The molecular formula is C32H33N3O4. The Morgan fingerprint density at radius 3 is 2.44 bits per heavy atom. The minimum Gasteiger partial charge on any atom is -0.490 e. The Labute approximate surface area is 227 Å². The number of amides is 1. The number of nitrogens with two attached hydrogens (primary N) is 1. The van der Waals surface area contributed by atoms with Gasteiger partial charge in [0.15, 0.2) is 0 Å². The minimum atomic E-state index is -0.627. The second-order valence-electron chi connectivity index (χ2n) is 9.89. The van der Waals surface area contributed by atoms with Crippen LogP contribution in [0.15, 0.2) is 91.0 Å². The lowest BCUT2D eigenvalue weighted by Crippen LogP contribution is -2.34. The lowest BCUT2D eigenvalue weighted by molar-refractivity contribution is 0.0998. The highest BCUT2D eigenvalue weighted by Gasteiger charge is 2.13. The predicted octanol–water partition coefficient (Wildman–Crippen LogP) is 5.42. The summed E-state index contributed by atoms with van der Waals surface area (Å²) >= 11 is 0. The molecular weight excluding hydrogens is 490 g/mol. The van der Waals surface area contributed by atoms with Gasteiger partial charge in [-0.1, -0.05) is 55.5 Å². The van der Waals surface area contributed by atoms with Gasteiger partial charge in [0.05, 0.1) is 11.1 Å². The van der Waals surface area contributed by atoms with Crippen LogP contribution in [0.5, 0.6) is 17.2 Å². The molecule has 0 aliphatic rings. The van der Waals surface area contributed by atoms with Crippen molar-refractivity contribution in [1.29, 1.82) is 0 Å². The molecule has 200 valence electrons. The number of fused-ring (bicyclic) bond motifs is 3. The second-order valence-corrected chi connectivity index (χ2v) is 9.89. The number of nitrogens with one attached hydrogen (secondary N) is 2. The van der Waals surface area contributed by atoms with E-state index in [9.17, 15) is 9.90 Å². The van der Waals surface area contributed by atoms with Crippen LogP contribution in [0.2, 0.25) is 0 Å². The first-order valence-corrected chi connectivity index (χ1v) is 13.1. The molecule has 5 N–H and O–H groups in total. The van der Waals surface area contributed by atoms with Crippen molar-refractivity contribution >= 4 is 27.7 Å². The molecule has 1 amide bonds. The van der Waals surface area contributed by atoms with Crippen LogP contribution < -0.4 is 20.5 Å². The Morgan fingerprint density at radius 1 is 0.897 bits per heavy atom. The topological polar surface area (TPSA) is 110 Å². The molecule has 0 aliphatic carbocycles. The standard InChI is InChI=1S/C32H33N3O4/c1-21(17-22-13-15-24(16-14-22)39-29-11-5-3-8-26(29)32(33)37)18-34-19-23(36)20-38-30-12-6-10-28-31(30)25-7-2-4-9-27(25)35-28/h2-16,21,23,34-36H,17-20H2,1H3,(H2,33,37). The molecule has 5 rings (SSSR count). The number of primary amides is 1. The number of aromatic amines is 1. The molecule has 39 heavy (non-hydrogen) atoms. The van der Waals surface area contributed by atoms with Gasteiger partial charge in [-0.15, -0.1) is 0 Å². The third kappa shape index (κ3) is 6.39. The van der Waals surface area contributed by atoms with E-state index in [4.69, 9.17) is 15.2 Å². The maximum atomic E-state index is 11.6. The number of para-hydroxylation sites is 2. The van der Waals surface area contributed by atoms with E-state index in [1.54, 1.807) is 24.3 Å². The summed E-state index contributed by atoms with van der Waals surface area (Å²) in [6, 6.07) is 28.8. The van der Waals surface area contributed by atoms with Crippen molar-refractivity contribution in [2.45, 2.75) is 19.4 Å². The number of carbonyl (C=O) groups excluding carboxylic acids is 1. The fourth-order valence-electron chi connectivity index (χ4n) is 4.78. The molecule has 0 saturated heterocycles. The maximum absolute atomic E-state index is 11.6. The van der Waals surface area contributed by atoms with Crippen molar-refractivity contribution in [1.82, 2.24) is 10.3 Å². The average Bonchev–Trinajstić information content (AvgIpc) is 3.32. The number of benzene rings is 4. The molecule has 2 unspecified atom stereocenters. The van der Waals surface area contributed by atoms with E-state index >= 15 is 0 Å². The molecule has 0 aliphatic heterocycles. The summed E-state index contributed by atoms with van der Waals surface area (Å²) < 4.78 is 11.9. The summed E-state index contributed by atoms with van der Waals surface area (Å²) in [5, 5.41) is 16.0. The summed E-state index contributed by atoms with van der Waals surface area (Å²) in [7, 11) is 0. The highest BCUT2D eigenvalue weighted by Crippen LogP contribution is 2.33.